The fourth-order valence-corrected chi connectivity index (χ4v) is 1.73. The van der Waals surface area contributed by atoms with E-state index < -0.39 is 0 Å². The SMILES string of the molecule is Nc1cc(COc2cncc(Cl)c2)ccc1Br. The predicted octanol–water partition coefficient (Wildman–Crippen LogP) is 3.66. The highest BCUT2D eigenvalue weighted by atomic mass is 79.9. The molecule has 0 saturated carbocycles. The van der Waals surface area contributed by atoms with Crippen molar-refractivity contribution in [3.05, 3.63) is 51.7 Å². The normalized spacial score (nSPS) is 10.2. The van der Waals surface area contributed by atoms with Crippen LogP contribution in [0.1, 0.15) is 5.56 Å². The Kier molecular flexibility index (Phi) is 3.86. The third-order valence-corrected chi connectivity index (χ3v) is 3.07. The highest BCUT2D eigenvalue weighted by molar-refractivity contribution is 9.10. The van der Waals surface area contributed by atoms with Crippen LogP contribution in [0, 0.1) is 0 Å². The van der Waals surface area contributed by atoms with Gasteiger partial charge in [-0.2, -0.15) is 0 Å². The molecule has 0 bridgehead atoms. The molecule has 0 amide bonds. The van der Waals surface area contributed by atoms with Gasteiger partial charge in [0.1, 0.15) is 12.4 Å². The lowest BCUT2D eigenvalue weighted by molar-refractivity contribution is 0.305. The van der Waals surface area contributed by atoms with Gasteiger partial charge in [-0.05, 0) is 33.6 Å². The zero-order valence-electron chi connectivity index (χ0n) is 8.86. The molecule has 2 N–H and O–H groups in total. The van der Waals surface area contributed by atoms with Gasteiger partial charge in [0, 0.05) is 22.4 Å². The Balaban J connectivity index is 2.05. The van der Waals surface area contributed by atoms with Crippen LogP contribution >= 0.6 is 27.5 Å². The maximum atomic E-state index is 5.80. The van der Waals surface area contributed by atoms with Crippen LogP contribution < -0.4 is 10.5 Å². The lowest BCUT2D eigenvalue weighted by Crippen LogP contribution is -1.97. The van der Waals surface area contributed by atoms with Crippen LogP contribution in [-0.4, -0.2) is 4.98 Å². The number of halogens is 2. The number of hydrogen-bond acceptors (Lipinski definition) is 3. The van der Waals surface area contributed by atoms with E-state index in [1.807, 2.05) is 18.2 Å². The Labute approximate surface area is 113 Å². The summed E-state index contributed by atoms with van der Waals surface area (Å²) in [5.74, 6) is 0.638. The second-order valence-corrected chi connectivity index (χ2v) is 4.77. The van der Waals surface area contributed by atoms with Crippen LogP contribution in [0.3, 0.4) is 0 Å². The maximum absolute atomic E-state index is 5.80. The van der Waals surface area contributed by atoms with Crippen molar-refractivity contribution in [1.82, 2.24) is 4.98 Å². The Morgan fingerprint density at radius 2 is 2.12 bits per heavy atom. The minimum Gasteiger partial charge on any atom is -0.487 e. The lowest BCUT2D eigenvalue weighted by atomic mass is 10.2. The fraction of sp³-hybridized carbons (Fsp3) is 0.0833. The summed E-state index contributed by atoms with van der Waals surface area (Å²) in [6.45, 7) is 0.430. The largest absolute Gasteiger partial charge is 0.487 e. The molecule has 1 heterocycles. The van der Waals surface area contributed by atoms with Crippen LogP contribution in [0.4, 0.5) is 5.69 Å². The van der Waals surface area contributed by atoms with E-state index in [1.165, 1.54) is 0 Å². The molecule has 1 aromatic carbocycles. The summed E-state index contributed by atoms with van der Waals surface area (Å²) >= 11 is 9.15. The zero-order valence-corrected chi connectivity index (χ0v) is 11.2. The molecule has 2 rings (SSSR count). The van der Waals surface area contributed by atoms with Crippen LogP contribution in [0.2, 0.25) is 5.02 Å². The Hall–Kier alpha value is -1.26. The first-order valence-electron chi connectivity index (χ1n) is 4.92. The second-order valence-electron chi connectivity index (χ2n) is 3.48. The first-order valence-corrected chi connectivity index (χ1v) is 6.09. The summed E-state index contributed by atoms with van der Waals surface area (Å²) in [5.41, 5.74) is 7.46. The summed E-state index contributed by atoms with van der Waals surface area (Å²) in [7, 11) is 0. The van der Waals surface area contributed by atoms with Crippen LogP contribution in [-0.2, 0) is 6.61 Å². The van der Waals surface area contributed by atoms with Crippen molar-refractivity contribution in [2.45, 2.75) is 6.61 Å². The highest BCUT2D eigenvalue weighted by Crippen LogP contribution is 2.22. The van der Waals surface area contributed by atoms with E-state index in [-0.39, 0.29) is 0 Å². The Bertz CT molecular complexity index is 534. The number of nitrogen functional groups attached to an aromatic ring is 1. The van der Waals surface area contributed by atoms with Crippen LogP contribution in [0.25, 0.3) is 0 Å². The Morgan fingerprint density at radius 3 is 2.82 bits per heavy atom. The number of pyridine rings is 1. The van der Waals surface area contributed by atoms with Gasteiger partial charge >= 0.3 is 0 Å². The van der Waals surface area contributed by atoms with Crippen molar-refractivity contribution in [3.8, 4) is 5.75 Å². The number of ether oxygens (including phenoxy) is 1. The third-order valence-electron chi connectivity index (χ3n) is 2.15. The predicted molar refractivity (Wildman–Crippen MR) is 72.1 cm³/mol. The minimum absolute atomic E-state index is 0.430. The van der Waals surface area contributed by atoms with E-state index >= 15 is 0 Å². The smallest absolute Gasteiger partial charge is 0.139 e. The van der Waals surface area contributed by atoms with Gasteiger partial charge in [-0.25, -0.2) is 0 Å². The summed E-state index contributed by atoms with van der Waals surface area (Å²) < 4.78 is 6.43. The van der Waals surface area contributed by atoms with E-state index in [9.17, 15) is 0 Å². The molecule has 3 nitrogen and oxygen atoms in total. The topological polar surface area (TPSA) is 48.1 Å². The lowest BCUT2D eigenvalue weighted by Gasteiger charge is -2.07. The molecule has 0 spiro atoms. The summed E-state index contributed by atoms with van der Waals surface area (Å²) in [6, 6.07) is 7.42. The number of hydrogen-bond donors (Lipinski definition) is 1. The average Bonchev–Trinajstić information content (AvgIpc) is 2.31. The summed E-state index contributed by atoms with van der Waals surface area (Å²) in [4.78, 5) is 3.94. The molecule has 0 aliphatic heterocycles. The maximum Gasteiger partial charge on any atom is 0.139 e. The molecule has 2 aromatic rings. The molecular weight excluding hydrogens is 304 g/mol. The van der Waals surface area contributed by atoms with E-state index in [2.05, 4.69) is 20.9 Å². The van der Waals surface area contributed by atoms with Crippen molar-refractivity contribution in [2.75, 3.05) is 5.73 Å². The van der Waals surface area contributed by atoms with Crippen LogP contribution in [0.15, 0.2) is 41.1 Å². The second kappa shape index (κ2) is 5.38. The number of aromatic nitrogens is 1. The molecule has 0 unspecified atom stereocenters. The fourth-order valence-electron chi connectivity index (χ4n) is 1.32. The molecule has 0 atom stereocenters. The van der Waals surface area contributed by atoms with Gasteiger partial charge in [0.2, 0.25) is 0 Å². The summed E-state index contributed by atoms with van der Waals surface area (Å²) in [6.07, 6.45) is 3.18. The molecule has 0 aliphatic carbocycles. The van der Waals surface area contributed by atoms with Gasteiger partial charge < -0.3 is 10.5 Å². The zero-order chi connectivity index (χ0) is 12.3. The van der Waals surface area contributed by atoms with Crippen LogP contribution in [0.5, 0.6) is 5.75 Å². The first kappa shape index (κ1) is 12.2. The number of nitrogens with zero attached hydrogens (tertiary/aromatic N) is 1. The van der Waals surface area contributed by atoms with Crippen molar-refractivity contribution in [1.29, 1.82) is 0 Å². The van der Waals surface area contributed by atoms with E-state index in [0.717, 1.165) is 10.0 Å². The molecule has 0 saturated heterocycles. The van der Waals surface area contributed by atoms with Gasteiger partial charge in [0.25, 0.3) is 0 Å². The first-order chi connectivity index (χ1) is 8.15. The molecule has 17 heavy (non-hydrogen) atoms. The van der Waals surface area contributed by atoms with Crippen molar-refractivity contribution >= 4 is 33.2 Å². The Morgan fingerprint density at radius 1 is 1.29 bits per heavy atom. The highest BCUT2D eigenvalue weighted by Gasteiger charge is 2.00. The minimum atomic E-state index is 0.430. The van der Waals surface area contributed by atoms with Crippen molar-refractivity contribution in [2.24, 2.45) is 0 Å². The molecule has 88 valence electrons. The van der Waals surface area contributed by atoms with E-state index in [1.54, 1.807) is 18.5 Å². The molecule has 5 heteroatoms. The van der Waals surface area contributed by atoms with Gasteiger partial charge in [-0.1, -0.05) is 17.7 Å². The quantitative estimate of drug-likeness (QED) is 0.880. The molecule has 0 radical (unpaired) electrons. The third kappa shape index (κ3) is 3.35. The van der Waals surface area contributed by atoms with Gasteiger partial charge in [-0.15, -0.1) is 0 Å². The van der Waals surface area contributed by atoms with Gasteiger partial charge in [-0.3, -0.25) is 4.98 Å². The van der Waals surface area contributed by atoms with Gasteiger partial charge in [0.05, 0.1) is 11.2 Å². The van der Waals surface area contributed by atoms with Crippen molar-refractivity contribution < 1.29 is 4.74 Å². The van der Waals surface area contributed by atoms with E-state index in [0.29, 0.717) is 23.1 Å². The van der Waals surface area contributed by atoms with Crippen molar-refractivity contribution in [3.63, 3.8) is 0 Å². The standard InChI is InChI=1S/C12H10BrClN2O/c13-11-2-1-8(3-12(11)15)7-17-10-4-9(14)5-16-6-10/h1-6H,7,15H2. The molecule has 0 aliphatic rings. The number of anilines is 1. The van der Waals surface area contributed by atoms with E-state index in [4.69, 9.17) is 22.1 Å². The monoisotopic (exact) mass is 312 g/mol. The molecule has 0 fully saturated rings. The van der Waals surface area contributed by atoms with Gasteiger partial charge in [0.15, 0.2) is 0 Å². The average molecular weight is 314 g/mol. The number of nitrogens with two attached hydrogens (primary N) is 1. The molecular formula is C12H10BrClN2O. The number of benzene rings is 1. The summed E-state index contributed by atoms with van der Waals surface area (Å²) in [5, 5.41) is 0.554. The molecule has 1 aromatic heterocycles. The number of rotatable bonds is 3.